The number of nitrogens with zero attached hydrogens (tertiary/aromatic N) is 2. The molecule has 2 rings (SSSR count). The quantitative estimate of drug-likeness (QED) is 0.708. The average molecular weight is 265 g/mol. The Hall–Kier alpha value is -0.870. The smallest absolute Gasteiger partial charge is 0.0610 e. The van der Waals surface area contributed by atoms with Gasteiger partial charge in [-0.05, 0) is 58.9 Å². The normalized spacial score (nSPS) is 18.5. The molecule has 1 unspecified atom stereocenters. The fourth-order valence-electron chi connectivity index (χ4n) is 2.60. The van der Waals surface area contributed by atoms with Crippen molar-refractivity contribution in [1.82, 2.24) is 15.1 Å². The fourth-order valence-corrected chi connectivity index (χ4v) is 2.60. The Morgan fingerprint density at radius 2 is 2.16 bits per heavy atom. The second-order valence-electron chi connectivity index (χ2n) is 6.24. The van der Waals surface area contributed by atoms with Crippen LogP contribution in [-0.2, 0) is 6.54 Å². The molecule has 2 N–H and O–H groups in total. The summed E-state index contributed by atoms with van der Waals surface area (Å²) in [5, 5.41) is 17.6. The third kappa shape index (κ3) is 4.32. The zero-order valence-electron chi connectivity index (χ0n) is 12.4. The minimum atomic E-state index is -0.101. The number of unbranched alkanes of at least 4 members (excludes halogenated alkanes) is 1. The molecular weight excluding hydrogens is 238 g/mol. The molecule has 1 saturated carbocycles. The zero-order valence-corrected chi connectivity index (χ0v) is 12.4. The van der Waals surface area contributed by atoms with E-state index in [1.807, 2.05) is 6.92 Å². The van der Waals surface area contributed by atoms with Crippen molar-refractivity contribution in [3.63, 3.8) is 0 Å². The van der Waals surface area contributed by atoms with Crippen molar-refractivity contribution in [2.45, 2.75) is 71.0 Å². The molecule has 1 aromatic rings. The number of nitrogens with one attached hydrogen (secondary N) is 1. The van der Waals surface area contributed by atoms with E-state index in [1.54, 1.807) is 0 Å². The van der Waals surface area contributed by atoms with Crippen LogP contribution in [0.2, 0.25) is 0 Å². The number of hydrogen-bond donors (Lipinski definition) is 2. The van der Waals surface area contributed by atoms with Crippen LogP contribution in [0.3, 0.4) is 0 Å². The highest BCUT2D eigenvalue weighted by atomic mass is 16.3. The van der Waals surface area contributed by atoms with Crippen LogP contribution in [0.1, 0.15) is 50.4 Å². The lowest BCUT2D eigenvalue weighted by Crippen LogP contribution is -2.46. The topological polar surface area (TPSA) is 50.1 Å². The van der Waals surface area contributed by atoms with Gasteiger partial charge in [0, 0.05) is 23.8 Å². The van der Waals surface area contributed by atoms with Gasteiger partial charge in [0.15, 0.2) is 0 Å². The van der Waals surface area contributed by atoms with Gasteiger partial charge in [0.25, 0.3) is 0 Å². The highest BCUT2D eigenvalue weighted by Crippen LogP contribution is 2.25. The first kappa shape index (κ1) is 14.5. The van der Waals surface area contributed by atoms with E-state index in [0.717, 1.165) is 31.5 Å². The largest absolute Gasteiger partial charge is 0.394 e. The summed E-state index contributed by atoms with van der Waals surface area (Å²) >= 11 is 0. The molecule has 4 nitrogen and oxygen atoms in total. The summed E-state index contributed by atoms with van der Waals surface area (Å²) in [7, 11) is 0. The molecule has 0 saturated heterocycles. The van der Waals surface area contributed by atoms with Crippen molar-refractivity contribution in [2.75, 3.05) is 6.61 Å². The molecule has 0 amide bonds. The van der Waals surface area contributed by atoms with Crippen LogP contribution < -0.4 is 5.32 Å². The maximum Gasteiger partial charge on any atom is 0.0610 e. The molecule has 1 fully saturated rings. The van der Waals surface area contributed by atoms with E-state index >= 15 is 0 Å². The van der Waals surface area contributed by atoms with E-state index < -0.39 is 0 Å². The van der Waals surface area contributed by atoms with Crippen molar-refractivity contribution in [3.8, 4) is 0 Å². The molecule has 4 heteroatoms. The fraction of sp³-hybridized carbons (Fsp3) is 0.800. The summed E-state index contributed by atoms with van der Waals surface area (Å²) in [6.07, 6.45) is 5.79. The zero-order chi connectivity index (χ0) is 13.9. The van der Waals surface area contributed by atoms with Gasteiger partial charge in [-0.25, -0.2) is 0 Å². The molecule has 0 aliphatic heterocycles. The highest BCUT2D eigenvalue weighted by Gasteiger charge is 2.31. The van der Waals surface area contributed by atoms with E-state index in [1.165, 1.54) is 18.5 Å². The van der Waals surface area contributed by atoms with Crippen LogP contribution in [0.5, 0.6) is 0 Å². The van der Waals surface area contributed by atoms with Crippen molar-refractivity contribution in [1.29, 1.82) is 0 Å². The van der Waals surface area contributed by atoms with Crippen LogP contribution in [0.25, 0.3) is 0 Å². The summed E-state index contributed by atoms with van der Waals surface area (Å²) in [6, 6.07) is 2.76. The Morgan fingerprint density at radius 3 is 2.68 bits per heavy atom. The van der Waals surface area contributed by atoms with Gasteiger partial charge in [-0.3, -0.25) is 4.68 Å². The first-order valence-electron chi connectivity index (χ1n) is 7.42. The Kier molecular flexibility index (Phi) is 4.63. The molecule has 0 aromatic carbocycles. The molecule has 108 valence electrons. The minimum Gasteiger partial charge on any atom is -0.394 e. The Morgan fingerprint density at radius 1 is 1.42 bits per heavy atom. The van der Waals surface area contributed by atoms with Crippen molar-refractivity contribution in [3.05, 3.63) is 17.5 Å². The predicted molar refractivity (Wildman–Crippen MR) is 77.2 cm³/mol. The first-order chi connectivity index (χ1) is 9.02. The molecule has 1 aromatic heterocycles. The monoisotopic (exact) mass is 265 g/mol. The standard InChI is InChI=1S/C15H27N3O/c1-12-10-13(2)18(17-12)9-5-4-8-15(3,11-19)16-14-6-7-14/h10,14,16,19H,4-9,11H2,1-3H3. The molecule has 0 spiro atoms. The molecule has 0 bridgehead atoms. The van der Waals surface area contributed by atoms with Crippen LogP contribution in [0, 0.1) is 13.8 Å². The molecule has 0 radical (unpaired) electrons. The maximum absolute atomic E-state index is 9.55. The van der Waals surface area contributed by atoms with Gasteiger partial charge in [-0.1, -0.05) is 0 Å². The maximum atomic E-state index is 9.55. The predicted octanol–water partition coefficient (Wildman–Crippen LogP) is 2.17. The number of aromatic nitrogens is 2. The van der Waals surface area contributed by atoms with Crippen LogP contribution in [0.4, 0.5) is 0 Å². The number of rotatable bonds is 8. The number of aryl methyl sites for hydroxylation is 3. The lowest BCUT2D eigenvalue weighted by atomic mass is 9.95. The van der Waals surface area contributed by atoms with Gasteiger partial charge in [-0.2, -0.15) is 5.10 Å². The molecule has 1 atom stereocenters. The van der Waals surface area contributed by atoms with E-state index in [4.69, 9.17) is 0 Å². The second-order valence-corrected chi connectivity index (χ2v) is 6.24. The summed E-state index contributed by atoms with van der Waals surface area (Å²) < 4.78 is 2.08. The number of aliphatic hydroxyl groups excluding tert-OH is 1. The molecular formula is C15H27N3O. The van der Waals surface area contributed by atoms with Gasteiger partial charge in [-0.15, -0.1) is 0 Å². The number of aliphatic hydroxyl groups is 1. The summed E-state index contributed by atoms with van der Waals surface area (Å²) in [5.74, 6) is 0. The highest BCUT2D eigenvalue weighted by molar-refractivity contribution is 5.06. The lowest BCUT2D eigenvalue weighted by molar-refractivity contribution is 0.160. The van der Waals surface area contributed by atoms with Crippen molar-refractivity contribution >= 4 is 0 Å². The van der Waals surface area contributed by atoms with Gasteiger partial charge in [0.2, 0.25) is 0 Å². The van der Waals surface area contributed by atoms with Gasteiger partial charge >= 0.3 is 0 Å². The first-order valence-corrected chi connectivity index (χ1v) is 7.42. The Balaban J connectivity index is 1.71. The molecule has 1 aliphatic rings. The third-order valence-electron chi connectivity index (χ3n) is 3.93. The SMILES string of the molecule is Cc1cc(C)n(CCCCC(C)(CO)NC2CC2)n1. The van der Waals surface area contributed by atoms with Crippen LogP contribution in [0.15, 0.2) is 6.07 Å². The number of hydrogen-bond acceptors (Lipinski definition) is 3. The van der Waals surface area contributed by atoms with Crippen molar-refractivity contribution in [2.24, 2.45) is 0 Å². The second kappa shape index (κ2) is 6.06. The molecule has 19 heavy (non-hydrogen) atoms. The van der Waals surface area contributed by atoms with E-state index in [9.17, 15) is 5.11 Å². The minimum absolute atomic E-state index is 0.101. The Bertz CT molecular complexity index is 412. The molecule has 1 heterocycles. The van der Waals surface area contributed by atoms with E-state index in [-0.39, 0.29) is 12.1 Å². The average Bonchev–Trinajstić information content (AvgIpc) is 3.10. The Labute approximate surface area is 116 Å². The van der Waals surface area contributed by atoms with Gasteiger partial charge < -0.3 is 10.4 Å². The van der Waals surface area contributed by atoms with Crippen LogP contribution in [-0.4, -0.2) is 33.1 Å². The summed E-state index contributed by atoms with van der Waals surface area (Å²) in [6.45, 7) is 7.47. The lowest BCUT2D eigenvalue weighted by Gasteiger charge is -2.29. The third-order valence-corrected chi connectivity index (χ3v) is 3.93. The van der Waals surface area contributed by atoms with Crippen molar-refractivity contribution < 1.29 is 5.11 Å². The van der Waals surface area contributed by atoms with Crippen LogP contribution >= 0.6 is 0 Å². The summed E-state index contributed by atoms with van der Waals surface area (Å²) in [4.78, 5) is 0. The summed E-state index contributed by atoms with van der Waals surface area (Å²) in [5.41, 5.74) is 2.22. The van der Waals surface area contributed by atoms with Gasteiger partial charge in [0.1, 0.15) is 0 Å². The van der Waals surface area contributed by atoms with E-state index in [0.29, 0.717) is 6.04 Å². The van der Waals surface area contributed by atoms with E-state index in [2.05, 4.69) is 35.0 Å². The molecule has 1 aliphatic carbocycles. The van der Waals surface area contributed by atoms with Gasteiger partial charge in [0.05, 0.1) is 12.3 Å².